The number of Topliss-reactive ketones (excluding diaryl/α,β-unsaturated/α-hetero) is 1. The molecule has 0 bridgehead atoms. The molecule has 1 aliphatic heterocycles. The fourth-order valence-electron chi connectivity index (χ4n) is 3.89. The average Bonchev–Trinajstić information content (AvgIpc) is 3.33. The summed E-state index contributed by atoms with van der Waals surface area (Å²) in [4.78, 5) is 14.4. The molecule has 0 saturated heterocycles. The molecule has 0 spiro atoms. The fourth-order valence-corrected chi connectivity index (χ4v) is 4.72. The van der Waals surface area contributed by atoms with Crippen LogP contribution in [0.4, 0.5) is 11.4 Å². The summed E-state index contributed by atoms with van der Waals surface area (Å²) in [5.74, 6) is 1.18. The summed E-state index contributed by atoms with van der Waals surface area (Å²) in [5, 5.41) is 9.12. The van der Waals surface area contributed by atoms with Crippen molar-refractivity contribution < 1.29 is 9.21 Å². The average molecular weight is 362 g/mol. The molecule has 0 fully saturated rings. The Hall–Kier alpha value is -2.79. The highest BCUT2D eigenvalue weighted by Gasteiger charge is 2.37. The minimum atomic E-state index is -0.270. The Bertz CT molecular complexity index is 973. The number of anilines is 2. The van der Waals surface area contributed by atoms with E-state index in [9.17, 15) is 4.79 Å². The van der Waals surface area contributed by atoms with E-state index in [2.05, 4.69) is 28.1 Å². The van der Waals surface area contributed by atoms with Crippen LogP contribution in [0.15, 0.2) is 75.9 Å². The minimum absolute atomic E-state index is 0.179. The molecule has 5 rings (SSSR count). The third-order valence-corrected chi connectivity index (χ3v) is 6.12. The van der Waals surface area contributed by atoms with Gasteiger partial charge in [-0.25, -0.2) is 0 Å². The van der Waals surface area contributed by atoms with Gasteiger partial charge < -0.3 is 15.1 Å². The minimum Gasteiger partial charge on any atom is -0.467 e. The van der Waals surface area contributed by atoms with Crippen molar-refractivity contribution in [2.45, 2.75) is 24.8 Å². The molecule has 3 heterocycles. The molecule has 1 aliphatic carbocycles. The van der Waals surface area contributed by atoms with Crippen LogP contribution in [-0.4, -0.2) is 5.78 Å². The van der Waals surface area contributed by atoms with Crippen LogP contribution in [0.5, 0.6) is 0 Å². The maximum absolute atomic E-state index is 13.2. The van der Waals surface area contributed by atoms with Gasteiger partial charge in [0.15, 0.2) is 5.78 Å². The number of ketones is 1. The van der Waals surface area contributed by atoms with E-state index >= 15 is 0 Å². The summed E-state index contributed by atoms with van der Waals surface area (Å²) < 4.78 is 5.67. The lowest BCUT2D eigenvalue weighted by Gasteiger charge is -2.28. The first-order valence-electron chi connectivity index (χ1n) is 8.75. The number of rotatable bonds is 2. The lowest BCUT2D eigenvalue weighted by molar-refractivity contribution is -0.116. The summed E-state index contributed by atoms with van der Waals surface area (Å²) in [7, 11) is 0. The topological polar surface area (TPSA) is 54.3 Å². The van der Waals surface area contributed by atoms with Gasteiger partial charge in [0.05, 0.1) is 17.6 Å². The molecule has 4 nitrogen and oxygen atoms in total. The third-order valence-electron chi connectivity index (χ3n) is 5.08. The largest absolute Gasteiger partial charge is 0.467 e. The molecular weight excluding hydrogens is 344 g/mol. The van der Waals surface area contributed by atoms with Gasteiger partial charge >= 0.3 is 0 Å². The highest BCUT2D eigenvalue weighted by atomic mass is 32.1. The first-order valence-corrected chi connectivity index (χ1v) is 9.63. The molecule has 2 aliphatic rings. The lowest BCUT2D eigenvalue weighted by atomic mass is 9.82. The van der Waals surface area contributed by atoms with Crippen LogP contribution in [-0.2, 0) is 4.79 Å². The van der Waals surface area contributed by atoms with Gasteiger partial charge in [0.1, 0.15) is 11.8 Å². The third kappa shape index (κ3) is 2.56. The van der Waals surface area contributed by atoms with Crippen LogP contribution >= 0.6 is 11.3 Å². The van der Waals surface area contributed by atoms with Gasteiger partial charge in [0.25, 0.3) is 0 Å². The molecule has 2 N–H and O–H groups in total. The van der Waals surface area contributed by atoms with Crippen LogP contribution in [0.2, 0.25) is 0 Å². The first kappa shape index (κ1) is 15.5. The van der Waals surface area contributed by atoms with Crippen LogP contribution in [0.1, 0.15) is 35.4 Å². The number of hydrogen-bond donors (Lipinski definition) is 2. The lowest BCUT2D eigenvalue weighted by Crippen LogP contribution is -2.26. The normalized spacial score (nSPS) is 22.1. The standard InChI is InChI=1S/C21H18N2O2S/c24-17-12-13(19-8-4-10-26-19)11-16-20(17)21(18-7-3-9-25-18)23-15-6-2-1-5-14(15)22-16/h1-10,13,21-23H,11-12H2/t13-,21-/m1/s1. The Kier molecular flexibility index (Phi) is 3.68. The number of furan rings is 1. The summed E-state index contributed by atoms with van der Waals surface area (Å²) in [5.41, 5.74) is 3.76. The smallest absolute Gasteiger partial charge is 0.163 e. The quantitative estimate of drug-likeness (QED) is 0.648. The van der Waals surface area contributed by atoms with Crippen LogP contribution in [0.3, 0.4) is 0 Å². The molecule has 0 amide bonds. The Balaban J connectivity index is 1.62. The molecule has 130 valence electrons. The molecular formula is C21H18N2O2S. The van der Waals surface area contributed by atoms with Gasteiger partial charge in [-0.3, -0.25) is 4.79 Å². The molecule has 1 aromatic carbocycles. The SMILES string of the molecule is O=C1C[C@H](c2cccs2)CC2=C1[C@@H](c1ccco1)Nc1ccccc1N2. The highest BCUT2D eigenvalue weighted by Crippen LogP contribution is 2.44. The van der Waals surface area contributed by atoms with Crippen molar-refractivity contribution in [2.24, 2.45) is 0 Å². The zero-order valence-electron chi connectivity index (χ0n) is 14.1. The van der Waals surface area contributed by atoms with Crippen LogP contribution < -0.4 is 10.6 Å². The van der Waals surface area contributed by atoms with Crippen LogP contribution in [0.25, 0.3) is 0 Å². The maximum atomic E-state index is 13.2. The summed E-state index contributed by atoms with van der Waals surface area (Å²) >= 11 is 1.72. The van der Waals surface area contributed by atoms with Crippen molar-refractivity contribution in [3.63, 3.8) is 0 Å². The van der Waals surface area contributed by atoms with E-state index in [1.165, 1.54) is 4.88 Å². The first-order chi connectivity index (χ1) is 12.8. The zero-order chi connectivity index (χ0) is 17.5. The number of fused-ring (bicyclic) bond motifs is 1. The number of carbonyl (C=O) groups excluding carboxylic acids is 1. The van der Waals surface area contributed by atoms with Gasteiger partial charge in [-0.15, -0.1) is 11.3 Å². The summed E-state index contributed by atoms with van der Waals surface area (Å²) in [6.45, 7) is 0. The molecule has 26 heavy (non-hydrogen) atoms. The molecule has 0 unspecified atom stereocenters. The summed E-state index contributed by atoms with van der Waals surface area (Å²) in [6, 6.07) is 15.8. The maximum Gasteiger partial charge on any atom is 0.163 e. The Morgan fingerprint density at radius 3 is 2.65 bits per heavy atom. The summed E-state index contributed by atoms with van der Waals surface area (Å²) in [6.07, 6.45) is 3.02. The fraction of sp³-hybridized carbons (Fsp3) is 0.190. The predicted molar refractivity (Wildman–Crippen MR) is 103 cm³/mol. The monoisotopic (exact) mass is 362 g/mol. The number of para-hydroxylation sites is 2. The van der Waals surface area contributed by atoms with Crippen molar-refractivity contribution in [2.75, 3.05) is 10.6 Å². The number of benzene rings is 1. The van der Waals surface area contributed by atoms with E-state index in [1.54, 1.807) is 17.6 Å². The molecule has 0 saturated carbocycles. The second kappa shape index (κ2) is 6.18. The second-order valence-electron chi connectivity index (χ2n) is 6.70. The van der Waals surface area contributed by atoms with Gasteiger partial charge in [0.2, 0.25) is 0 Å². The van der Waals surface area contributed by atoms with E-state index < -0.39 is 0 Å². The van der Waals surface area contributed by atoms with Crippen molar-refractivity contribution in [1.82, 2.24) is 0 Å². The molecule has 3 aromatic rings. The van der Waals surface area contributed by atoms with E-state index in [-0.39, 0.29) is 17.7 Å². The number of allylic oxidation sites excluding steroid dienone is 1. The Morgan fingerprint density at radius 1 is 1.00 bits per heavy atom. The van der Waals surface area contributed by atoms with Crippen molar-refractivity contribution in [1.29, 1.82) is 0 Å². The molecule has 5 heteroatoms. The van der Waals surface area contributed by atoms with E-state index in [0.717, 1.165) is 34.8 Å². The molecule has 2 aromatic heterocycles. The molecule has 0 radical (unpaired) electrons. The van der Waals surface area contributed by atoms with Gasteiger partial charge in [-0.1, -0.05) is 18.2 Å². The Labute approximate surface area is 155 Å². The van der Waals surface area contributed by atoms with Crippen LogP contribution in [0, 0.1) is 0 Å². The van der Waals surface area contributed by atoms with E-state index in [1.807, 2.05) is 36.4 Å². The van der Waals surface area contributed by atoms with E-state index in [4.69, 9.17) is 4.42 Å². The highest BCUT2D eigenvalue weighted by molar-refractivity contribution is 7.10. The zero-order valence-corrected chi connectivity index (χ0v) is 14.9. The van der Waals surface area contributed by atoms with E-state index in [0.29, 0.717) is 6.42 Å². The van der Waals surface area contributed by atoms with Crippen molar-refractivity contribution >= 4 is 28.5 Å². The number of nitrogens with one attached hydrogen (secondary N) is 2. The second-order valence-corrected chi connectivity index (χ2v) is 7.68. The number of thiophene rings is 1. The van der Waals surface area contributed by atoms with Crippen molar-refractivity contribution in [3.05, 3.63) is 82.1 Å². The predicted octanol–water partition coefficient (Wildman–Crippen LogP) is 5.32. The van der Waals surface area contributed by atoms with Crippen molar-refractivity contribution in [3.8, 4) is 0 Å². The molecule has 2 atom stereocenters. The Morgan fingerprint density at radius 2 is 1.88 bits per heavy atom. The number of carbonyl (C=O) groups is 1. The van der Waals surface area contributed by atoms with Gasteiger partial charge in [-0.2, -0.15) is 0 Å². The number of hydrogen-bond acceptors (Lipinski definition) is 5. The van der Waals surface area contributed by atoms with Gasteiger partial charge in [0, 0.05) is 28.5 Å². The van der Waals surface area contributed by atoms with Gasteiger partial charge in [-0.05, 0) is 42.1 Å².